The van der Waals surface area contributed by atoms with E-state index in [4.69, 9.17) is 4.74 Å². The summed E-state index contributed by atoms with van der Waals surface area (Å²) in [4.78, 5) is 12.3. The Bertz CT molecular complexity index is 344. The Labute approximate surface area is 117 Å². The zero-order valence-electron chi connectivity index (χ0n) is 13.1. The van der Waals surface area contributed by atoms with Crippen molar-refractivity contribution < 1.29 is 9.53 Å². The fourth-order valence-electron chi connectivity index (χ4n) is 5.14. The van der Waals surface area contributed by atoms with Crippen LogP contribution in [0, 0.1) is 22.2 Å². The van der Waals surface area contributed by atoms with E-state index >= 15 is 0 Å². The highest BCUT2D eigenvalue weighted by molar-refractivity contribution is 5.74. The fourth-order valence-corrected chi connectivity index (χ4v) is 5.14. The van der Waals surface area contributed by atoms with Gasteiger partial charge in [-0.1, -0.05) is 27.7 Å². The zero-order valence-corrected chi connectivity index (χ0v) is 13.1. The highest BCUT2D eigenvalue weighted by Crippen LogP contribution is 2.58. The molecule has 1 spiro atoms. The predicted molar refractivity (Wildman–Crippen MR) is 76.8 cm³/mol. The van der Waals surface area contributed by atoms with Crippen molar-refractivity contribution in [2.45, 2.75) is 53.9 Å². The lowest BCUT2D eigenvalue weighted by Crippen LogP contribution is -2.47. The van der Waals surface area contributed by atoms with Crippen molar-refractivity contribution in [3.8, 4) is 0 Å². The van der Waals surface area contributed by atoms with E-state index in [9.17, 15) is 4.79 Å². The molecule has 3 heteroatoms. The van der Waals surface area contributed by atoms with Gasteiger partial charge >= 0.3 is 5.97 Å². The Kier molecular flexibility index (Phi) is 3.72. The van der Waals surface area contributed by atoms with Crippen molar-refractivity contribution in [1.82, 2.24) is 5.32 Å². The molecular formula is C16H29NO2. The van der Waals surface area contributed by atoms with E-state index in [1.165, 1.54) is 6.42 Å². The maximum atomic E-state index is 12.3. The van der Waals surface area contributed by atoms with E-state index in [2.05, 4.69) is 33.0 Å². The lowest BCUT2D eigenvalue weighted by molar-refractivity contribution is -0.154. The van der Waals surface area contributed by atoms with Gasteiger partial charge in [-0.3, -0.25) is 4.79 Å². The molecule has 1 aliphatic carbocycles. The molecule has 0 aromatic carbocycles. The summed E-state index contributed by atoms with van der Waals surface area (Å²) < 4.78 is 5.31. The first-order chi connectivity index (χ1) is 8.70. The SMILES string of the molecule is CCOC(=O)C1CNCC12CC(C)(C)CC(C)(C)C2. The Morgan fingerprint density at radius 3 is 2.26 bits per heavy atom. The van der Waals surface area contributed by atoms with Gasteiger partial charge in [0.2, 0.25) is 0 Å². The molecule has 1 saturated heterocycles. The number of nitrogens with one attached hydrogen (secondary N) is 1. The number of hydrogen-bond donors (Lipinski definition) is 1. The quantitative estimate of drug-likeness (QED) is 0.782. The van der Waals surface area contributed by atoms with Gasteiger partial charge in [-0.15, -0.1) is 0 Å². The van der Waals surface area contributed by atoms with Gasteiger partial charge in [0.25, 0.3) is 0 Å². The second-order valence-electron chi connectivity index (χ2n) is 8.16. The first kappa shape index (κ1) is 14.8. The summed E-state index contributed by atoms with van der Waals surface area (Å²) in [5.74, 6) is 0.0345. The maximum Gasteiger partial charge on any atom is 0.310 e. The van der Waals surface area contributed by atoms with Crippen molar-refractivity contribution >= 4 is 5.97 Å². The molecule has 1 heterocycles. The van der Waals surface area contributed by atoms with Gasteiger partial charge in [0.05, 0.1) is 12.5 Å². The van der Waals surface area contributed by atoms with Gasteiger partial charge in [-0.2, -0.15) is 0 Å². The molecule has 0 radical (unpaired) electrons. The van der Waals surface area contributed by atoms with Gasteiger partial charge < -0.3 is 10.1 Å². The maximum absolute atomic E-state index is 12.3. The molecule has 2 fully saturated rings. The van der Waals surface area contributed by atoms with Crippen LogP contribution in [0.1, 0.15) is 53.9 Å². The topological polar surface area (TPSA) is 38.3 Å². The molecule has 0 aromatic rings. The van der Waals surface area contributed by atoms with Crippen molar-refractivity contribution in [2.24, 2.45) is 22.2 Å². The number of carbonyl (C=O) groups is 1. The van der Waals surface area contributed by atoms with E-state index in [0.29, 0.717) is 17.4 Å². The minimum absolute atomic E-state index is 0.000926. The Morgan fingerprint density at radius 1 is 1.16 bits per heavy atom. The van der Waals surface area contributed by atoms with Crippen LogP contribution in [0.4, 0.5) is 0 Å². The van der Waals surface area contributed by atoms with Gasteiger partial charge in [-0.05, 0) is 42.4 Å². The Morgan fingerprint density at radius 2 is 1.74 bits per heavy atom. The standard InChI is InChI=1S/C16H29NO2/c1-6-19-13(18)12-7-17-11-16(12)9-14(2,3)8-15(4,5)10-16/h12,17H,6-11H2,1-5H3. The summed E-state index contributed by atoms with van der Waals surface area (Å²) >= 11 is 0. The van der Waals surface area contributed by atoms with Crippen LogP contribution in [0.2, 0.25) is 0 Å². The van der Waals surface area contributed by atoms with Crippen LogP contribution >= 0.6 is 0 Å². The number of ether oxygens (including phenoxy) is 1. The lowest BCUT2D eigenvalue weighted by Gasteiger charge is -2.52. The van der Waals surface area contributed by atoms with Gasteiger partial charge in [0, 0.05) is 13.1 Å². The Balaban J connectivity index is 2.26. The highest BCUT2D eigenvalue weighted by atomic mass is 16.5. The van der Waals surface area contributed by atoms with Crippen LogP contribution in [0.25, 0.3) is 0 Å². The largest absolute Gasteiger partial charge is 0.466 e. The van der Waals surface area contributed by atoms with E-state index in [1.54, 1.807) is 0 Å². The molecule has 0 bridgehead atoms. The molecule has 19 heavy (non-hydrogen) atoms. The molecule has 110 valence electrons. The van der Waals surface area contributed by atoms with Gasteiger partial charge in [0.1, 0.15) is 0 Å². The molecule has 1 atom stereocenters. The second kappa shape index (κ2) is 4.76. The summed E-state index contributed by atoms with van der Waals surface area (Å²) in [5, 5.41) is 3.45. The zero-order chi connectivity index (χ0) is 14.3. The number of rotatable bonds is 2. The molecule has 1 aliphatic heterocycles. The average molecular weight is 267 g/mol. The van der Waals surface area contributed by atoms with Crippen LogP contribution in [0.3, 0.4) is 0 Å². The Hall–Kier alpha value is -0.570. The smallest absolute Gasteiger partial charge is 0.310 e. The minimum atomic E-state index is 0.000926. The van der Waals surface area contributed by atoms with Crippen LogP contribution in [-0.4, -0.2) is 25.7 Å². The fraction of sp³-hybridized carbons (Fsp3) is 0.938. The summed E-state index contributed by atoms with van der Waals surface area (Å²) in [6.07, 6.45) is 3.48. The number of esters is 1. The van der Waals surface area contributed by atoms with Crippen LogP contribution < -0.4 is 5.32 Å². The first-order valence-corrected chi connectivity index (χ1v) is 7.57. The number of carbonyl (C=O) groups excluding carboxylic acids is 1. The summed E-state index contributed by atoms with van der Waals surface area (Å²) in [6, 6.07) is 0. The van der Waals surface area contributed by atoms with E-state index in [1.807, 2.05) is 6.92 Å². The third-order valence-electron chi connectivity index (χ3n) is 4.75. The molecular weight excluding hydrogens is 238 g/mol. The molecule has 1 unspecified atom stereocenters. The van der Waals surface area contributed by atoms with Gasteiger partial charge in [0.15, 0.2) is 0 Å². The van der Waals surface area contributed by atoms with Crippen molar-refractivity contribution in [2.75, 3.05) is 19.7 Å². The van der Waals surface area contributed by atoms with Crippen LogP contribution in [0.5, 0.6) is 0 Å². The highest BCUT2D eigenvalue weighted by Gasteiger charge is 2.55. The van der Waals surface area contributed by atoms with E-state index in [-0.39, 0.29) is 17.3 Å². The van der Waals surface area contributed by atoms with E-state index in [0.717, 1.165) is 25.9 Å². The molecule has 3 nitrogen and oxygen atoms in total. The molecule has 2 rings (SSSR count). The van der Waals surface area contributed by atoms with E-state index < -0.39 is 0 Å². The third kappa shape index (κ3) is 2.96. The number of hydrogen-bond acceptors (Lipinski definition) is 3. The molecule has 0 amide bonds. The second-order valence-corrected chi connectivity index (χ2v) is 8.16. The van der Waals surface area contributed by atoms with Crippen LogP contribution in [-0.2, 0) is 9.53 Å². The van der Waals surface area contributed by atoms with Gasteiger partial charge in [-0.25, -0.2) is 0 Å². The first-order valence-electron chi connectivity index (χ1n) is 7.57. The monoisotopic (exact) mass is 267 g/mol. The third-order valence-corrected chi connectivity index (χ3v) is 4.75. The molecule has 0 aromatic heterocycles. The predicted octanol–water partition coefficient (Wildman–Crippen LogP) is 2.99. The average Bonchev–Trinajstić information content (AvgIpc) is 2.55. The normalized spacial score (nSPS) is 31.3. The summed E-state index contributed by atoms with van der Waals surface area (Å²) in [5.41, 5.74) is 0.703. The lowest BCUT2D eigenvalue weighted by atomic mass is 9.52. The minimum Gasteiger partial charge on any atom is -0.466 e. The molecule has 1 N–H and O–H groups in total. The summed E-state index contributed by atoms with van der Waals surface area (Å²) in [6.45, 7) is 13.5. The molecule has 2 aliphatic rings. The van der Waals surface area contributed by atoms with Crippen molar-refractivity contribution in [3.63, 3.8) is 0 Å². The van der Waals surface area contributed by atoms with Crippen molar-refractivity contribution in [3.05, 3.63) is 0 Å². The van der Waals surface area contributed by atoms with Crippen molar-refractivity contribution in [1.29, 1.82) is 0 Å². The summed E-state index contributed by atoms with van der Waals surface area (Å²) in [7, 11) is 0. The van der Waals surface area contributed by atoms with Crippen LogP contribution in [0.15, 0.2) is 0 Å². The molecule has 1 saturated carbocycles.